The van der Waals surface area contributed by atoms with Gasteiger partial charge in [0.25, 0.3) is 0 Å². The molecule has 2 aromatic rings. The van der Waals surface area contributed by atoms with Gasteiger partial charge in [-0.3, -0.25) is 0 Å². The lowest BCUT2D eigenvalue weighted by Gasteiger charge is -2.23. The molecule has 0 saturated carbocycles. The molecule has 0 aliphatic carbocycles. The number of aryl methyl sites for hydroxylation is 1. The van der Waals surface area contributed by atoms with E-state index >= 15 is 0 Å². The van der Waals surface area contributed by atoms with Crippen LogP contribution in [0.3, 0.4) is 0 Å². The fourth-order valence-electron chi connectivity index (χ4n) is 2.63. The summed E-state index contributed by atoms with van der Waals surface area (Å²) >= 11 is 1.68. The number of hydrogen-bond acceptors (Lipinski definition) is 5. The van der Waals surface area contributed by atoms with Crippen LogP contribution in [0.4, 0.5) is 5.69 Å². The fraction of sp³-hybridized carbons (Fsp3) is 0.333. The van der Waals surface area contributed by atoms with Gasteiger partial charge in [0.15, 0.2) is 0 Å². The molecule has 1 aliphatic heterocycles. The molecule has 0 fully saturated rings. The summed E-state index contributed by atoms with van der Waals surface area (Å²) in [7, 11) is 0. The van der Waals surface area contributed by atoms with Crippen molar-refractivity contribution in [3.05, 3.63) is 45.9 Å². The first kappa shape index (κ1) is 13.1. The average molecular weight is 287 g/mol. The first-order chi connectivity index (χ1) is 9.78. The summed E-state index contributed by atoms with van der Waals surface area (Å²) in [6, 6.07) is 8.12. The minimum absolute atomic E-state index is 0.776. The zero-order valence-corrected chi connectivity index (χ0v) is 12.2. The third-order valence-electron chi connectivity index (χ3n) is 3.54. The van der Waals surface area contributed by atoms with Crippen LogP contribution in [-0.2, 0) is 6.54 Å². The molecule has 4 nitrogen and oxygen atoms in total. The summed E-state index contributed by atoms with van der Waals surface area (Å²) in [5.41, 5.74) is 4.03. The molecule has 0 unspecified atom stereocenters. The summed E-state index contributed by atoms with van der Waals surface area (Å²) in [5, 5.41) is 15.9. The van der Waals surface area contributed by atoms with Crippen molar-refractivity contribution in [3.63, 3.8) is 0 Å². The van der Waals surface area contributed by atoms with E-state index in [2.05, 4.69) is 26.5 Å². The minimum Gasteiger partial charge on any atom is -0.411 e. The van der Waals surface area contributed by atoms with Crippen LogP contribution in [0.1, 0.15) is 29.1 Å². The van der Waals surface area contributed by atoms with Gasteiger partial charge in [0, 0.05) is 23.2 Å². The Morgan fingerprint density at radius 3 is 3.00 bits per heavy atom. The molecule has 0 atom stereocenters. The highest BCUT2D eigenvalue weighted by molar-refractivity contribution is 7.09. The fourth-order valence-corrected chi connectivity index (χ4v) is 3.23. The monoisotopic (exact) mass is 287 g/mol. The molecule has 5 heteroatoms. The summed E-state index contributed by atoms with van der Waals surface area (Å²) in [6.45, 7) is 3.79. The van der Waals surface area contributed by atoms with Crippen molar-refractivity contribution >= 4 is 22.7 Å². The SMILES string of the molecule is Cc1nc(CN2CCC/C(=N/O)c3ccccc32)cs1. The van der Waals surface area contributed by atoms with E-state index in [0.29, 0.717) is 0 Å². The summed E-state index contributed by atoms with van der Waals surface area (Å²) in [6.07, 6.45) is 1.79. The zero-order valence-electron chi connectivity index (χ0n) is 11.4. The van der Waals surface area contributed by atoms with Crippen molar-refractivity contribution in [2.45, 2.75) is 26.3 Å². The van der Waals surface area contributed by atoms with E-state index in [0.717, 1.165) is 53.6 Å². The average Bonchev–Trinajstić information content (AvgIpc) is 2.79. The third-order valence-corrected chi connectivity index (χ3v) is 4.36. The van der Waals surface area contributed by atoms with E-state index in [-0.39, 0.29) is 0 Å². The number of hydrogen-bond donors (Lipinski definition) is 1. The molecule has 0 spiro atoms. The van der Waals surface area contributed by atoms with E-state index in [1.54, 1.807) is 11.3 Å². The molecule has 20 heavy (non-hydrogen) atoms. The second kappa shape index (κ2) is 5.63. The maximum atomic E-state index is 9.20. The Balaban J connectivity index is 1.95. The van der Waals surface area contributed by atoms with Crippen LogP contribution >= 0.6 is 11.3 Å². The van der Waals surface area contributed by atoms with Gasteiger partial charge in [0.1, 0.15) is 0 Å². The van der Waals surface area contributed by atoms with Crippen LogP contribution < -0.4 is 4.90 Å². The molecule has 1 aliphatic rings. The van der Waals surface area contributed by atoms with Crippen molar-refractivity contribution in [1.82, 2.24) is 4.98 Å². The smallest absolute Gasteiger partial charge is 0.0898 e. The predicted octanol–water partition coefficient (Wildman–Crippen LogP) is 3.43. The van der Waals surface area contributed by atoms with Crippen molar-refractivity contribution in [1.29, 1.82) is 0 Å². The van der Waals surface area contributed by atoms with Crippen LogP contribution in [0.25, 0.3) is 0 Å². The van der Waals surface area contributed by atoms with Crippen LogP contribution in [0.2, 0.25) is 0 Å². The van der Waals surface area contributed by atoms with Gasteiger partial charge in [0.2, 0.25) is 0 Å². The van der Waals surface area contributed by atoms with E-state index in [1.807, 2.05) is 25.1 Å². The molecule has 3 rings (SSSR count). The Morgan fingerprint density at radius 2 is 2.25 bits per heavy atom. The van der Waals surface area contributed by atoms with Gasteiger partial charge in [-0.05, 0) is 25.8 Å². The van der Waals surface area contributed by atoms with E-state index in [4.69, 9.17) is 0 Å². The highest BCUT2D eigenvalue weighted by Gasteiger charge is 2.20. The van der Waals surface area contributed by atoms with Crippen molar-refractivity contribution < 1.29 is 5.21 Å². The Labute approximate surface area is 122 Å². The Morgan fingerprint density at radius 1 is 1.40 bits per heavy atom. The first-order valence-electron chi connectivity index (χ1n) is 6.74. The molecule has 2 heterocycles. The van der Waals surface area contributed by atoms with Gasteiger partial charge in [-0.1, -0.05) is 23.4 Å². The number of nitrogens with zero attached hydrogens (tertiary/aromatic N) is 3. The van der Waals surface area contributed by atoms with E-state index < -0.39 is 0 Å². The molecule has 0 bridgehead atoms. The lowest BCUT2D eigenvalue weighted by molar-refractivity contribution is 0.318. The predicted molar refractivity (Wildman–Crippen MR) is 81.9 cm³/mol. The van der Waals surface area contributed by atoms with Crippen LogP contribution in [0.5, 0.6) is 0 Å². The second-order valence-electron chi connectivity index (χ2n) is 4.95. The van der Waals surface area contributed by atoms with Crippen LogP contribution in [-0.4, -0.2) is 22.4 Å². The normalized spacial score (nSPS) is 17.1. The van der Waals surface area contributed by atoms with Gasteiger partial charge in [0.05, 0.1) is 23.0 Å². The van der Waals surface area contributed by atoms with Crippen molar-refractivity contribution in [2.24, 2.45) is 5.16 Å². The molecule has 104 valence electrons. The standard InChI is InChI=1S/C15H17N3OS/c1-11-16-12(10-20-11)9-18-8-4-6-14(17-19)13-5-2-3-7-15(13)18/h2-3,5,7,10,19H,4,6,8-9H2,1H3/b17-14-. The van der Waals surface area contributed by atoms with Crippen molar-refractivity contribution in [3.8, 4) is 0 Å². The van der Waals surface area contributed by atoms with E-state index in [1.165, 1.54) is 0 Å². The van der Waals surface area contributed by atoms with Gasteiger partial charge in [-0.2, -0.15) is 0 Å². The molecule has 1 aromatic carbocycles. The van der Waals surface area contributed by atoms with Gasteiger partial charge < -0.3 is 10.1 Å². The zero-order chi connectivity index (χ0) is 13.9. The summed E-state index contributed by atoms with van der Waals surface area (Å²) < 4.78 is 0. The molecule has 0 saturated heterocycles. The maximum Gasteiger partial charge on any atom is 0.0898 e. The van der Waals surface area contributed by atoms with Gasteiger partial charge in [-0.25, -0.2) is 4.98 Å². The lowest BCUT2D eigenvalue weighted by Crippen LogP contribution is -2.23. The Bertz CT molecular complexity index is 636. The maximum absolute atomic E-state index is 9.20. The number of oxime groups is 1. The summed E-state index contributed by atoms with van der Waals surface area (Å²) in [5.74, 6) is 0. The number of rotatable bonds is 2. The lowest BCUT2D eigenvalue weighted by atomic mass is 10.1. The Kier molecular flexibility index (Phi) is 3.69. The first-order valence-corrected chi connectivity index (χ1v) is 7.62. The third kappa shape index (κ3) is 2.54. The molecule has 1 N–H and O–H groups in total. The number of benzene rings is 1. The molecule has 0 amide bonds. The minimum atomic E-state index is 0.776. The topological polar surface area (TPSA) is 48.7 Å². The van der Waals surface area contributed by atoms with Crippen LogP contribution in [0.15, 0.2) is 34.8 Å². The molecular formula is C15H17N3OS. The number of aromatic nitrogens is 1. The number of anilines is 1. The van der Waals surface area contributed by atoms with Crippen molar-refractivity contribution in [2.75, 3.05) is 11.4 Å². The van der Waals surface area contributed by atoms with Gasteiger partial charge in [-0.15, -0.1) is 11.3 Å². The highest BCUT2D eigenvalue weighted by Crippen LogP contribution is 2.28. The number of fused-ring (bicyclic) bond motifs is 1. The number of thiazole rings is 1. The quantitative estimate of drug-likeness (QED) is 0.680. The summed E-state index contributed by atoms with van der Waals surface area (Å²) in [4.78, 5) is 6.87. The largest absolute Gasteiger partial charge is 0.411 e. The Hall–Kier alpha value is -1.88. The van der Waals surface area contributed by atoms with Gasteiger partial charge >= 0.3 is 0 Å². The highest BCUT2D eigenvalue weighted by atomic mass is 32.1. The second-order valence-corrected chi connectivity index (χ2v) is 6.01. The number of para-hydroxylation sites is 1. The van der Waals surface area contributed by atoms with Crippen LogP contribution in [0, 0.1) is 6.92 Å². The van der Waals surface area contributed by atoms with E-state index in [9.17, 15) is 5.21 Å². The molecule has 0 radical (unpaired) electrons. The molecule has 1 aromatic heterocycles. The molecular weight excluding hydrogens is 270 g/mol.